The van der Waals surface area contributed by atoms with Crippen LogP contribution in [0.25, 0.3) is 11.4 Å². The summed E-state index contributed by atoms with van der Waals surface area (Å²) in [6.07, 6.45) is 4.22. The van der Waals surface area contributed by atoms with Crippen molar-refractivity contribution in [3.63, 3.8) is 0 Å². The molecule has 150 valence electrons. The summed E-state index contributed by atoms with van der Waals surface area (Å²) in [6.45, 7) is 6.40. The van der Waals surface area contributed by atoms with Crippen LogP contribution in [0.1, 0.15) is 23.4 Å². The summed E-state index contributed by atoms with van der Waals surface area (Å²) in [5.41, 5.74) is 3.52. The van der Waals surface area contributed by atoms with E-state index in [0.29, 0.717) is 24.6 Å². The molecule has 1 aliphatic rings. The molecule has 0 bridgehead atoms. The van der Waals surface area contributed by atoms with Gasteiger partial charge in [0.2, 0.25) is 17.6 Å². The largest absolute Gasteiger partial charge is 0.340 e. The van der Waals surface area contributed by atoms with E-state index in [1.165, 1.54) is 11.1 Å². The number of rotatable bonds is 6. The molecule has 1 aromatic carbocycles. The Balaban J connectivity index is 1.24. The molecule has 0 saturated carbocycles. The minimum atomic E-state index is 0.143. The summed E-state index contributed by atoms with van der Waals surface area (Å²) in [5, 5.41) is 3.99. The number of hydrogen-bond acceptors (Lipinski definition) is 6. The lowest BCUT2D eigenvalue weighted by molar-refractivity contribution is -0.133. The van der Waals surface area contributed by atoms with Crippen LogP contribution >= 0.6 is 0 Å². The Labute approximate surface area is 170 Å². The van der Waals surface area contributed by atoms with Crippen LogP contribution in [-0.4, -0.2) is 57.0 Å². The van der Waals surface area contributed by atoms with E-state index in [0.717, 1.165) is 38.3 Å². The fraction of sp³-hybridized carbons (Fsp3) is 0.364. The lowest BCUT2D eigenvalue weighted by Gasteiger charge is -2.35. The standard InChI is InChI=1S/C22H25N5O2/c1-17-4-2-3-5-19(17)16-26-12-14-27(15-13-26)21(28)7-6-20-24-22(25-29-20)18-8-10-23-11-9-18/h2-5,8-11H,6-7,12-16H2,1H3. The first-order valence-electron chi connectivity index (χ1n) is 9.96. The Morgan fingerprint density at radius 2 is 1.83 bits per heavy atom. The molecule has 1 amide bonds. The van der Waals surface area contributed by atoms with Crippen LogP contribution < -0.4 is 0 Å². The summed E-state index contributed by atoms with van der Waals surface area (Å²) in [6, 6.07) is 12.1. The molecule has 3 aromatic rings. The average molecular weight is 391 g/mol. The van der Waals surface area contributed by atoms with Crippen LogP contribution in [0.4, 0.5) is 0 Å². The van der Waals surface area contributed by atoms with Crippen LogP contribution in [0.2, 0.25) is 0 Å². The van der Waals surface area contributed by atoms with Crippen molar-refractivity contribution >= 4 is 5.91 Å². The van der Waals surface area contributed by atoms with Crippen molar-refractivity contribution < 1.29 is 9.32 Å². The van der Waals surface area contributed by atoms with Gasteiger partial charge in [0.1, 0.15) is 0 Å². The Hall–Kier alpha value is -3.06. The summed E-state index contributed by atoms with van der Waals surface area (Å²) >= 11 is 0. The van der Waals surface area contributed by atoms with E-state index in [9.17, 15) is 4.79 Å². The lowest BCUT2D eigenvalue weighted by atomic mass is 10.1. The Morgan fingerprint density at radius 1 is 1.07 bits per heavy atom. The second kappa shape index (κ2) is 8.96. The Morgan fingerprint density at radius 3 is 2.59 bits per heavy atom. The molecular weight excluding hydrogens is 366 g/mol. The highest BCUT2D eigenvalue weighted by molar-refractivity contribution is 5.76. The third-order valence-corrected chi connectivity index (χ3v) is 5.34. The average Bonchev–Trinajstić information content (AvgIpc) is 3.24. The van der Waals surface area contributed by atoms with Gasteiger partial charge >= 0.3 is 0 Å². The Bertz CT molecular complexity index is 949. The monoisotopic (exact) mass is 391 g/mol. The van der Waals surface area contributed by atoms with Gasteiger partial charge in [0.15, 0.2) is 0 Å². The molecular formula is C22H25N5O2. The molecule has 0 radical (unpaired) electrons. The van der Waals surface area contributed by atoms with E-state index in [1.54, 1.807) is 12.4 Å². The summed E-state index contributed by atoms with van der Waals surface area (Å²) in [4.78, 5) is 25.3. The van der Waals surface area contributed by atoms with E-state index < -0.39 is 0 Å². The first-order chi connectivity index (χ1) is 14.2. The fourth-order valence-electron chi connectivity index (χ4n) is 3.53. The maximum Gasteiger partial charge on any atom is 0.227 e. The number of carbonyl (C=O) groups is 1. The number of aryl methyl sites for hydroxylation is 2. The summed E-state index contributed by atoms with van der Waals surface area (Å²) in [5.74, 6) is 1.16. The van der Waals surface area contributed by atoms with E-state index in [1.807, 2.05) is 17.0 Å². The van der Waals surface area contributed by atoms with Crippen LogP contribution in [0.15, 0.2) is 53.3 Å². The Kier molecular flexibility index (Phi) is 5.95. The van der Waals surface area contributed by atoms with Crippen molar-refractivity contribution in [3.05, 3.63) is 65.8 Å². The highest BCUT2D eigenvalue weighted by atomic mass is 16.5. The second-order valence-corrected chi connectivity index (χ2v) is 7.33. The van der Waals surface area contributed by atoms with Gasteiger partial charge in [-0.1, -0.05) is 29.4 Å². The molecule has 4 rings (SSSR count). The van der Waals surface area contributed by atoms with Gasteiger partial charge in [-0.05, 0) is 30.2 Å². The zero-order chi connectivity index (χ0) is 20.1. The molecule has 0 aliphatic carbocycles. The highest BCUT2D eigenvalue weighted by Crippen LogP contribution is 2.16. The van der Waals surface area contributed by atoms with Gasteiger partial charge < -0.3 is 9.42 Å². The topological polar surface area (TPSA) is 75.4 Å². The van der Waals surface area contributed by atoms with Crippen molar-refractivity contribution in [2.75, 3.05) is 26.2 Å². The molecule has 1 saturated heterocycles. The number of hydrogen-bond donors (Lipinski definition) is 0. The van der Waals surface area contributed by atoms with Gasteiger partial charge in [0.25, 0.3) is 0 Å². The van der Waals surface area contributed by atoms with Crippen molar-refractivity contribution in [3.8, 4) is 11.4 Å². The number of amides is 1. The molecule has 3 heterocycles. The third-order valence-electron chi connectivity index (χ3n) is 5.34. The van der Waals surface area contributed by atoms with Gasteiger partial charge in [-0.2, -0.15) is 4.98 Å². The third kappa shape index (κ3) is 4.86. The molecule has 1 fully saturated rings. The molecule has 7 nitrogen and oxygen atoms in total. The van der Waals surface area contributed by atoms with E-state index in [4.69, 9.17) is 4.52 Å². The number of piperazine rings is 1. The maximum absolute atomic E-state index is 12.6. The number of benzene rings is 1. The SMILES string of the molecule is Cc1ccccc1CN1CCN(C(=O)CCc2nc(-c3ccncc3)no2)CC1. The molecule has 7 heteroatoms. The number of pyridine rings is 1. The molecule has 1 aliphatic heterocycles. The highest BCUT2D eigenvalue weighted by Gasteiger charge is 2.22. The van der Waals surface area contributed by atoms with Crippen molar-refractivity contribution in [2.45, 2.75) is 26.3 Å². The van der Waals surface area contributed by atoms with E-state index >= 15 is 0 Å². The summed E-state index contributed by atoms with van der Waals surface area (Å²) < 4.78 is 5.29. The normalized spacial score (nSPS) is 14.9. The molecule has 0 unspecified atom stereocenters. The zero-order valence-corrected chi connectivity index (χ0v) is 16.6. The first kappa shape index (κ1) is 19.3. The maximum atomic E-state index is 12.6. The molecule has 2 aromatic heterocycles. The molecule has 29 heavy (non-hydrogen) atoms. The zero-order valence-electron chi connectivity index (χ0n) is 16.6. The van der Waals surface area contributed by atoms with E-state index in [2.05, 4.69) is 51.2 Å². The minimum Gasteiger partial charge on any atom is -0.340 e. The van der Waals surface area contributed by atoms with E-state index in [-0.39, 0.29) is 5.91 Å². The minimum absolute atomic E-state index is 0.143. The summed E-state index contributed by atoms with van der Waals surface area (Å²) in [7, 11) is 0. The predicted molar refractivity (Wildman–Crippen MR) is 109 cm³/mol. The molecule has 0 N–H and O–H groups in total. The number of aromatic nitrogens is 3. The van der Waals surface area contributed by atoms with Crippen LogP contribution in [-0.2, 0) is 17.8 Å². The van der Waals surface area contributed by atoms with Crippen molar-refractivity contribution in [1.82, 2.24) is 24.9 Å². The van der Waals surface area contributed by atoms with Gasteiger partial charge in [0, 0.05) is 63.5 Å². The first-order valence-corrected chi connectivity index (χ1v) is 9.96. The van der Waals surface area contributed by atoms with Crippen LogP contribution in [0.5, 0.6) is 0 Å². The van der Waals surface area contributed by atoms with Gasteiger partial charge in [-0.3, -0.25) is 14.7 Å². The number of nitrogens with zero attached hydrogens (tertiary/aromatic N) is 5. The fourth-order valence-corrected chi connectivity index (χ4v) is 3.53. The van der Waals surface area contributed by atoms with Gasteiger partial charge in [-0.15, -0.1) is 0 Å². The molecule has 0 spiro atoms. The molecule has 0 atom stereocenters. The quantitative estimate of drug-likeness (QED) is 0.643. The predicted octanol–water partition coefficient (Wildman–Crippen LogP) is 2.72. The van der Waals surface area contributed by atoms with Crippen LogP contribution in [0.3, 0.4) is 0 Å². The van der Waals surface area contributed by atoms with Gasteiger partial charge in [0.05, 0.1) is 0 Å². The number of carbonyl (C=O) groups excluding carboxylic acids is 1. The second-order valence-electron chi connectivity index (χ2n) is 7.33. The smallest absolute Gasteiger partial charge is 0.227 e. The van der Waals surface area contributed by atoms with Crippen molar-refractivity contribution in [2.24, 2.45) is 0 Å². The van der Waals surface area contributed by atoms with Crippen molar-refractivity contribution in [1.29, 1.82) is 0 Å². The lowest BCUT2D eigenvalue weighted by Crippen LogP contribution is -2.48. The van der Waals surface area contributed by atoms with Gasteiger partial charge in [-0.25, -0.2) is 0 Å². The van der Waals surface area contributed by atoms with Crippen LogP contribution in [0, 0.1) is 6.92 Å².